The number of aliphatic carboxylic acids is 1. The average molecular weight is 425 g/mol. The van der Waals surface area contributed by atoms with Crippen LogP contribution in [0.1, 0.15) is 20.6 Å². The number of nitrogens with one attached hydrogen (secondary N) is 1. The number of hydrogen-bond acceptors (Lipinski definition) is 4. The summed E-state index contributed by atoms with van der Waals surface area (Å²) in [6.45, 7) is 0. The molecule has 0 radical (unpaired) electrons. The van der Waals surface area contributed by atoms with Crippen LogP contribution in [0.4, 0.5) is 0 Å². The van der Waals surface area contributed by atoms with Crippen molar-refractivity contribution in [3.8, 4) is 0 Å². The van der Waals surface area contributed by atoms with Crippen LogP contribution in [0.25, 0.3) is 0 Å². The molecule has 19 heavy (non-hydrogen) atoms. The van der Waals surface area contributed by atoms with E-state index in [2.05, 4.69) is 37.2 Å². The second-order valence-electron chi connectivity index (χ2n) is 3.49. The summed E-state index contributed by atoms with van der Waals surface area (Å²) in [4.78, 5) is 24.3. The molecule has 8 heteroatoms. The minimum absolute atomic E-state index is 0.405. The molecule has 0 saturated carbocycles. The Morgan fingerprint density at radius 1 is 1.37 bits per heavy atom. The van der Waals surface area contributed by atoms with Crippen LogP contribution in [-0.2, 0) is 4.79 Å². The van der Waals surface area contributed by atoms with Crippen molar-refractivity contribution in [1.82, 2.24) is 5.32 Å². The third kappa shape index (κ3) is 3.44. The van der Waals surface area contributed by atoms with E-state index in [9.17, 15) is 14.7 Å². The average Bonchev–Trinajstić information content (AvgIpc) is 2.97. The van der Waals surface area contributed by atoms with Crippen molar-refractivity contribution < 1.29 is 14.7 Å². The van der Waals surface area contributed by atoms with E-state index < -0.39 is 17.9 Å². The molecular weight excluding hydrogens is 418 g/mol. The Bertz CT molecular complexity index is 590. The number of carboxylic acid groups (broad SMARTS) is 1. The molecule has 0 aliphatic carbocycles. The molecule has 1 unspecified atom stereocenters. The fourth-order valence-electron chi connectivity index (χ4n) is 1.37. The SMILES string of the molecule is O=C(NC(C(=O)O)c1cccs1)c1cc(Br)c(Br)s1. The number of rotatable bonds is 4. The first-order valence-electron chi connectivity index (χ1n) is 5.01. The first-order chi connectivity index (χ1) is 8.99. The van der Waals surface area contributed by atoms with Crippen molar-refractivity contribution in [3.05, 3.63) is 41.6 Å². The Morgan fingerprint density at radius 3 is 2.58 bits per heavy atom. The summed E-state index contributed by atoms with van der Waals surface area (Å²) in [7, 11) is 0. The zero-order chi connectivity index (χ0) is 14.0. The minimum Gasteiger partial charge on any atom is -0.479 e. The van der Waals surface area contributed by atoms with Crippen LogP contribution in [0.2, 0.25) is 0 Å². The predicted molar refractivity (Wildman–Crippen MR) is 81.9 cm³/mol. The lowest BCUT2D eigenvalue weighted by molar-refractivity contribution is -0.139. The maximum absolute atomic E-state index is 12.0. The van der Waals surface area contributed by atoms with Gasteiger partial charge in [-0.1, -0.05) is 6.07 Å². The summed E-state index contributed by atoms with van der Waals surface area (Å²) in [6, 6.07) is 4.06. The fraction of sp³-hybridized carbons (Fsp3) is 0.0909. The van der Waals surface area contributed by atoms with Gasteiger partial charge in [-0.15, -0.1) is 22.7 Å². The lowest BCUT2D eigenvalue weighted by atomic mass is 10.2. The van der Waals surface area contributed by atoms with Crippen LogP contribution < -0.4 is 5.32 Å². The van der Waals surface area contributed by atoms with Gasteiger partial charge in [0, 0.05) is 9.35 Å². The standard InChI is InChI=1S/C11H7Br2NO3S2/c12-5-4-7(19-9(5)13)10(15)14-8(11(16)17)6-2-1-3-18-6/h1-4,8H,(H,14,15)(H,16,17). The molecule has 4 nitrogen and oxygen atoms in total. The van der Waals surface area contributed by atoms with Gasteiger partial charge >= 0.3 is 5.97 Å². The van der Waals surface area contributed by atoms with Crippen molar-refractivity contribution in [2.45, 2.75) is 6.04 Å². The summed E-state index contributed by atoms with van der Waals surface area (Å²) in [5, 5.41) is 13.5. The molecule has 100 valence electrons. The summed E-state index contributed by atoms with van der Waals surface area (Å²) in [5.41, 5.74) is 0. The third-order valence-electron chi connectivity index (χ3n) is 2.22. The molecule has 2 aromatic rings. The molecule has 1 amide bonds. The van der Waals surface area contributed by atoms with E-state index in [-0.39, 0.29) is 0 Å². The highest BCUT2D eigenvalue weighted by atomic mass is 79.9. The van der Waals surface area contributed by atoms with Gasteiger partial charge in [0.2, 0.25) is 0 Å². The van der Waals surface area contributed by atoms with E-state index >= 15 is 0 Å². The van der Waals surface area contributed by atoms with E-state index in [0.29, 0.717) is 9.75 Å². The van der Waals surface area contributed by atoms with Gasteiger partial charge in [-0.3, -0.25) is 4.79 Å². The lowest BCUT2D eigenvalue weighted by Crippen LogP contribution is -2.32. The van der Waals surface area contributed by atoms with Crippen LogP contribution in [0, 0.1) is 0 Å². The van der Waals surface area contributed by atoms with Crippen LogP contribution in [-0.4, -0.2) is 17.0 Å². The Labute approximate surface area is 133 Å². The molecule has 0 aliphatic heterocycles. The third-order valence-corrected chi connectivity index (χ3v) is 6.41. The predicted octanol–water partition coefficient (Wildman–Crippen LogP) is 3.89. The van der Waals surface area contributed by atoms with Crippen LogP contribution >= 0.6 is 54.5 Å². The van der Waals surface area contributed by atoms with Crippen molar-refractivity contribution >= 4 is 66.4 Å². The van der Waals surface area contributed by atoms with Crippen molar-refractivity contribution in [2.75, 3.05) is 0 Å². The Hall–Kier alpha value is -0.700. The highest BCUT2D eigenvalue weighted by molar-refractivity contribution is 9.13. The van der Waals surface area contributed by atoms with Gasteiger partial charge in [-0.05, 0) is 49.4 Å². The number of amides is 1. The molecule has 2 rings (SSSR count). The smallest absolute Gasteiger partial charge is 0.331 e. The van der Waals surface area contributed by atoms with Gasteiger partial charge in [0.15, 0.2) is 6.04 Å². The minimum atomic E-state index is -1.08. The molecular formula is C11H7Br2NO3S2. The van der Waals surface area contributed by atoms with Crippen molar-refractivity contribution in [2.24, 2.45) is 0 Å². The number of carbonyl (C=O) groups is 2. The Kier molecular flexibility index (Phi) is 4.77. The molecule has 0 aliphatic rings. The van der Waals surface area contributed by atoms with Gasteiger partial charge in [0.25, 0.3) is 5.91 Å². The van der Waals surface area contributed by atoms with Gasteiger partial charge in [-0.25, -0.2) is 4.79 Å². The molecule has 0 spiro atoms. The topological polar surface area (TPSA) is 66.4 Å². The molecule has 0 bridgehead atoms. The van der Waals surface area contributed by atoms with E-state index in [1.54, 1.807) is 23.6 Å². The molecule has 0 fully saturated rings. The van der Waals surface area contributed by atoms with Gasteiger partial charge in [-0.2, -0.15) is 0 Å². The van der Waals surface area contributed by atoms with Gasteiger partial charge < -0.3 is 10.4 Å². The normalized spacial score (nSPS) is 12.1. The van der Waals surface area contributed by atoms with Crippen LogP contribution in [0.3, 0.4) is 0 Å². The molecule has 2 N–H and O–H groups in total. The van der Waals surface area contributed by atoms with Gasteiger partial charge in [0.05, 0.1) is 8.66 Å². The Morgan fingerprint density at radius 2 is 2.11 bits per heavy atom. The second-order valence-corrected chi connectivity index (χ2v) is 7.70. The number of carbonyl (C=O) groups excluding carboxylic acids is 1. The second kappa shape index (κ2) is 6.17. The molecule has 0 aromatic carbocycles. The number of hydrogen-bond donors (Lipinski definition) is 2. The lowest BCUT2D eigenvalue weighted by Gasteiger charge is -2.11. The highest BCUT2D eigenvalue weighted by Gasteiger charge is 2.24. The monoisotopic (exact) mass is 423 g/mol. The quantitative estimate of drug-likeness (QED) is 0.782. The van der Waals surface area contributed by atoms with E-state index in [1.807, 2.05) is 0 Å². The maximum Gasteiger partial charge on any atom is 0.331 e. The van der Waals surface area contributed by atoms with Crippen molar-refractivity contribution in [1.29, 1.82) is 0 Å². The number of carboxylic acids is 1. The Balaban J connectivity index is 2.18. The molecule has 1 atom stereocenters. The van der Waals surface area contributed by atoms with Crippen LogP contribution in [0.5, 0.6) is 0 Å². The van der Waals surface area contributed by atoms with Crippen LogP contribution in [0.15, 0.2) is 31.8 Å². The molecule has 2 heterocycles. The summed E-state index contributed by atoms with van der Waals surface area (Å²) in [6.07, 6.45) is 0. The highest BCUT2D eigenvalue weighted by Crippen LogP contribution is 2.32. The van der Waals surface area contributed by atoms with E-state index in [0.717, 1.165) is 8.26 Å². The maximum atomic E-state index is 12.0. The summed E-state index contributed by atoms with van der Waals surface area (Å²) in [5.74, 6) is -1.48. The first-order valence-corrected chi connectivity index (χ1v) is 8.29. The number of thiophene rings is 2. The zero-order valence-corrected chi connectivity index (χ0v) is 14.0. The summed E-state index contributed by atoms with van der Waals surface area (Å²) < 4.78 is 1.56. The number of halogens is 2. The fourth-order valence-corrected chi connectivity index (χ4v) is 4.08. The van der Waals surface area contributed by atoms with Gasteiger partial charge in [0.1, 0.15) is 0 Å². The molecule has 2 aromatic heterocycles. The molecule has 0 saturated heterocycles. The zero-order valence-electron chi connectivity index (χ0n) is 9.22. The van der Waals surface area contributed by atoms with Crippen molar-refractivity contribution in [3.63, 3.8) is 0 Å². The first kappa shape index (κ1) is 14.7. The van der Waals surface area contributed by atoms with E-state index in [1.165, 1.54) is 22.7 Å². The van der Waals surface area contributed by atoms with E-state index in [4.69, 9.17) is 0 Å². The summed E-state index contributed by atoms with van der Waals surface area (Å²) >= 11 is 9.12. The largest absolute Gasteiger partial charge is 0.479 e.